The number of ether oxygens (including phenoxy) is 1. The van der Waals surface area contributed by atoms with Gasteiger partial charge in [0, 0.05) is 26.7 Å². The quantitative estimate of drug-likeness (QED) is 0.900. The lowest BCUT2D eigenvalue weighted by Gasteiger charge is -2.32. The van der Waals surface area contributed by atoms with Crippen molar-refractivity contribution in [1.29, 1.82) is 0 Å². The van der Waals surface area contributed by atoms with Crippen molar-refractivity contribution < 1.29 is 4.74 Å². The van der Waals surface area contributed by atoms with Crippen LogP contribution in [0.3, 0.4) is 0 Å². The molecule has 0 amide bonds. The maximum Gasteiger partial charge on any atom is 0.148 e. The topological polar surface area (TPSA) is 50.3 Å². The summed E-state index contributed by atoms with van der Waals surface area (Å²) in [6.07, 6.45) is 5.18. The molecule has 1 aromatic rings. The number of piperidine rings is 1. The second kappa shape index (κ2) is 7.05. The van der Waals surface area contributed by atoms with Crippen LogP contribution in [0.1, 0.15) is 26.2 Å². The minimum absolute atomic E-state index is 0.384. The first-order chi connectivity index (χ1) is 9.26. The average Bonchev–Trinajstić information content (AvgIpc) is 2.46. The Bertz CT molecular complexity index is 408. The summed E-state index contributed by atoms with van der Waals surface area (Å²) in [6, 6.07) is 0. The zero-order chi connectivity index (χ0) is 13.7. The average molecular weight is 329 g/mol. The van der Waals surface area contributed by atoms with Gasteiger partial charge in [-0.15, -0.1) is 0 Å². The van der Waals surface area contributed by atoms with Crippen LogP contribution in [0, 0.1) is 0 Å². The molecule has 1 aliphatic heterocycles. The fourth-order valence-corrected chi connectivity index (χ4v) is 2.85. The molecule has 0 bridgehead atoms. The number of anilines is 2. The molecule has 0 aliphatic carbocycles. The normalized spacial score (nSPS) is 16.7. The number of nitrogens with one attached hydrogen (secondary N) is 1. The van der Waals surface area contributed by atoms with Crippen LogP contribution in [0.5, 0.6) is 0 Å². The van der Waals surface area contributed by atoms with E-state index in [1.807, 2.05) is 0 Å². The third-order valence-electron chi connectivity index (χ3n) is 3.39. The van der Waals surface area contributed by atoms with E-state index in [1.54, 1.807) is 13.4 Å². The van der Waals surface area contributed by atoms with Gasteiger partial charge >= 0.3 is 0 Å². The Balaban J connectivity index is 2.08. The summed E-state index contributed by atoms with van der Waals surface area (Å²) >= 11 is 3.62. The highest BCUT2D eigenvalue weighted by atomic mass is 79.9. The second-order valence-electron chi connectivity index (χ2n) is 4.71. The maximum atomic E-state index is 5.40. The molecule has 0 atom stereocenters. The summed E-state index contributed by atoms with van der Waals surface area (Å²) in [4.78, 5) is 11.0. The van der Waals surface area contributed by atoms with Gasteiger partial charge in [-0.25, -0.2) is 9.97 Å². The lowest BCUT2D eigenvalue weighted by Crippen LogP contribution is -2.37. The van der Waals surface area contributed by atoms with Gasteiger partial charge in [0.1, 0.15) is 22.4 Å². The zero-order valence-corrected chi connectivity index (χ0v) is 13.1. The minimum Gasteiger partial charge on any atom is -0.381 e. The van der Waals surface area contributed by atoms with Gasteiger partial charge in [-0.1, -0.05) is 6.92 Å². The van der Waals surface area contributed by atoms with Crippen LogP contribution in [-0.2, 0) is 4.74 Å². The van der Waals surface area contributed by atoms with Crippen molar-refractivity contribution in [2.75, 3.05) is 37.0 Å². The molecule has 1 saturated heterocycles. The summed E-state index contributed by atoms with van der Waals surface area (Å²) in [6.45, 7) is 5.00. The first-order valence-corrected chi connectivity index (χ1v) is 7.57. The zero-order valence-electron chi connectivity index (χ0n) is 11.5. The van der Waals surface area contributed by atoms with Gasteiger partial charge in [0.15, 0.2) is 0 Å². The van der Waals surface area contributed by atoms with Crippen molar-refractivity contribution in [2.24, 2.45) is 0 Å². The van der Waals surface area contributed by atoms with E-state index in [0.29, 0.717) is 6.10 Å². The SMILES string of the molecule is CCCNc1ncnc(N2CCC(OC)CC2)c1Br. The Labute approximate surface area is 122 Å². The molecule has 0 saturated carbocycles. The van der Waals surface area contributed by atoms with E-state index in [4.69, 9.17) is 4.74 Å². The number of hydrogen-bond donors (Lipinski definition) is 1. The van der Waals surface area contributed by atoms with Crippen LogP contribution in [0.25, 0.3) is 0 Å². The second-order valence-corrected chi connectivity index (χ2v) is 5.50. The summed E-state index contributed by atoms with van der Waals surface area (Å²) in [7, 11) is 1.79. The van der Waals surface area contributed by atoms with Crippen LogP contribution in [-0.4, -0.2) is 42.8 Å². The van der Waals surface area contributed by atoms with Crippen LogP contribution in [0.4, 0.5) is 11.6 Å². The van der Waals surface area contributed by atoms with E-state index in [-0.39, 0.29) is 0 Å². The number of aromatic nitrogens is 2. The Kier molecular flexibility index (Phi) is 5.39. The largest absolute Gasteiger partial charge is 0.381 e. The van der Waals surface area contributed by atoms with Gasteiger partial charge in [0.25, 0.3) is 0 Å². The Morgan fingerprint density at radius 1 is 1.42 bits per heavy atom. The van der Waals surface area contributed by atoms with E-state index in [1.165, 1.54) is 0 Å². The van der Waals surface area contributed by atoms with E-state index < -0.39 is 0 Å². The van der Waals surface area contributed by atoms with Gasteiger partial charge in [-0.2, -0.15) is 0 Å². The van der Waals surface area contributed by atoms with Crippen LogP contribution >= 0.6 is 15.9 Å². The summed E-state index contributed by atoms with van der Waals surface area (Å²) < 4.78 is 6.36. The molecule has 0 spiro atoms. The molecule has 1 aromatic heterocycles. The Hall–Kier alpha value is -0.880. The standard InChI is InChI=1S/C13H21BrN4O/c1-3-6-15-12-11(14)13(17-9-16-12)18-7-4-10(19-2)5-8-18/h9-10H,3-8H2,1-2H3,(H,15,16,17). The van der Waals surface area contributed by atoms with Crippen LogP contribution < -0.4 is 10.2 Å². The number of hydrogen-bond acceptors (Lipinski definition) is 5. The molecule has 1 aliphatic rings. The number of nitrogens with zero attached hydrogens (tertiary/aromatic N) is 3. The van der Waals surface area contributed by atoms with E-state index in [9.17, 15) is 0 Å². The van der Waals surface area contributed by atoms with Crippen LogP contribution in [0.2, 0.25) is 0 Å². The molecular formula is C13H21BrN4O. The lowest BCUT2D eigenvalue weighted by atomic mass is 10.1. The molecule has 0 radical (unpaired) electrons. The Morgan fingerprint density at radius 3 is 2.79 bits per heavy atom. The van der Waals surface area contributed by atoms with Crippen molar-refractivity contribution in [1.82, 2.24) is 9.97 Å². The maximum absolute atomic E-state index is 5.40. The summed E-state index contributed by atoms with van der Waals surface area (Å²) in [5, 5.41) is 3.31. The van der Waals surface area contributed by atoms with Gasteiger partial charge in [-0.05, 0) is 35.2 Å². The van der Waals surface area contributed by atoms with Crippen LogP contribution in [0.15, 0.2) is 10.8 Å². The predicted molar refractivity (Wildman–Crippen MR) is 80.8 cm³/mol. The van der Waals surface area contributed by atoms with E-state index >= 15 is 0 Å². The molecule has 1 fully saturated rings. The molecule has 1 N–H and O–H groups in total. The first-order valence-electron chi connectivity index (χ1n) is 6.78. The number of halogens is 1. The lowest BCUT2D eigenvalue weighted by molar-refractivity contribution is 0.0818. The van der Waals surface area contributed by atoms with Crippen molar-refractivity contribution in [2.45, 2.75) is 32.3 Å². The van der Waals surface area contributed by atoms with Crippen molar-refractivity contribution in [3.8, 4) is 0 Å². The molecule has 2 heterocycles. The molecular weight excluding hydrogens is 308 g/mol. The summed E-state index contributed by atoms with van der Waals surface area (Å²) in [5.41, 5.74) is 0. The first kappa shape index (κ1) is 14.5. The number of rotatable bonds is 5. The number of methoxy groups -OCH3 is 1. The smallest absolute Gasteiger partial charge is 0.148 e. The molecule has 5 nitrogen and oxygen atoms in total. The highest BCUT2D eigenvalue weighted by Gasteiger charge is 2.22. The van der Waals surface area contributed by atoms with E-state index in [2.05, 4.69) is 43.0 Å². The highest BCUT2D eigenvalue weighted by molar-refractivity contribution is 9.10. The van der Waals surface area contributed by atoms with Gasteiger partial charge in [-0.3, -0.25) is 0 Å². The third kappa shape index (κ3) is 3.57. The fourth-order valence-electron chi connectivity index (χ4n) is 2.25. The van der Waals surface area contributed by atoms with Crippen molar-refractivity contribution in [3.05, 3.63) is 10.8 Å². The predicted octanol–water partition coefficient (Wildman–Crippen LogP) is 2.68. The van der Waals surface area contributed by atoms with Crippen molar-refractivity contribution in [3.63, 3.8) is 0 Å². The molecule has 0 aromatic carbocycles. The van der Waals surface area contributed by atoms with Gasteiger partial charge in [0.2, 0.25) is 0 Å². The van der Waals surface area contributed by atoms with Gasteiger partial charge in [0.05, 0.1) is 6.10 Å². The molecule has 19 heavy (non-hydrogen) atoms. The Morgan fingerprint density at radius 2 is 2.16 bits per heavy atom. The molecule has 106 valence electrons. The molecule has 2 rings (SSSR count). The fraction of sp³-hybridized carbons (Fsp3) is 0.692. The van der Waals surface area contributed by atoms with Gasteiger partial charge < -0.3 is 15.0 Å². The van der Waals surface area contributed by atoms with E-state index in [0.717, 1.165) is 55.0 Å². The van der Waals surface area contributed by atoms with Crippen molar-refractivity contribution >= 4 is 27.6 Å². The molecule has 6 heteroatoms. The monoisotopic (exact) mass is 328 g/mol. The minimum atomic E-state index is 0.384. The molecule has 0 unspecified atom stereocenters. The summed E-state index contributed by atoms with van der Waals surface area (Å²) in [5.74, 6) is 1.85. The highest BCUT2D eigenvalue weighted by Crippen LogP contribution is 2.31. The third-order valence-corrected chi connectivity index (χ3v) is 4.12.